The molecule has 3 rings (SSSR count). The van der Waals surface area contributed by atoms with Gasteiger partial charge in [-0.05, 0) is 0 Å². The molecule has 118 valence electrons. The van der Waals surface area contributed by atoms with Crippen LogP contribution in [0.1, 0.15) is 11.1 Å². The highest BCUT2D eigenvalue weighted by molar-refractivity contribution is 5.84. The topological polar surface area (TPSA) is 93.1 Å². The van der Waals surface area contributed by atoms with Crippen molar-refractivity contribution in [2.24, 2.45) is 0 Å². The minimum Gasteiger partial charge on any atom is -0.479 e. The summed E-state index contributed by atoms with van der Waals surface area (Å²) in [7, 11) is 0. The number of carboxylic acids is 2. The zero-order valence-corrected chi connectivity index (χ0v) is 12.0. The molecule has 2 aromatic carbocycles. The summed E-state index contributed by atoms with van der Waals surface area (Å²) >= 11 is 0. The van der Waals surface area contributed by atoms with Crippen molar-refractivity contribution in [1.29, 1.82) is 0 Å². The summed E-state index contributed by atoms with van der Waals surface area (Å²) in [5.74, 6) is -4.34. The van der Waals surface area contributed by atoms with E-state index in [0.29, 0.717) is 11.1 Å². The van der Waals surface area contributed by atoms with Crippen LogP contribution < -0.4 is 0 Å². The lowest BCUT2D eigenvalue weighted by molar-refractivity contribution is -0.171. The highest BCUT2D eigenvalue weighted by Gasteiger charge is 2.55. The summed E-state index contributed by atoms with van der Waals surface area (Å²) in [4.78, 5) is 22.8. The van der Waals surface area contributed by atoms with Gasteiger partial charge in [-0.15, -0.1) is 0 Å². The molecule has 0 radical (unpaired) electrons. The Kier molecular flexibility index (Phi) is 3.85. The second-order valence-corrected chi connectivity index (χ2v) is 5.10. The average molecular weight is 314 g/mol. The maximum absolute atomic E-state index is 11.4. The standard InChI is InChI=1S/C17H14O6/c18-15(19)13-14(16(20)21)23-17(22-13,11-7-3-1-4-8-11)12-9-5-2-6-10-12/h1-10,13-14H,(H,18,19)(H,20,21)/t13-,14-/m1/s1. The number of carboxylic acid groups (broad SMARTS) is 2. The zero-order chi connectivity index (χ0) is 16.4. The van der Waals surface area contributed by atoms with Crippen molar-refractivity contribution in [3.63, 3.8) is 0 Å². The minimum atomic E-state index is -1.60. The quantitative estimate of drug-likeness (QED) is 0.894. The maximum Gasteiger partial charge on any atom is 0.336 e. The van der Waals surface area contributed by atoms with Crippen molar-refractivity contribution in [2.75, 3.05) is 0 Å². The van der Waals surface area contributed by atoms with Gasteiger partial charge in [0.15, 0.2) is 12.2 Å². The molecule has 23 heavy (non-hydrogen) atoms. The third-order valence-corrected chi connectivity index (χ3v) is 3.66. The smallest absolute Gasteiger partial charge is 0.336 e. The van der Waals surface area contributed by atoms with E-state index in [0.717, 1.165) is 0 Å². The van der Waals surface area contributed by atoms with Gasteiger partial charge in [-0.25, -0.2) is 9.59 Å². The molecule has 2 aromatic rings. The van der Waals surface area contributed by atoms with Crippen LogP contribution in [0.3, 0.4) is 0 Å². The van der Waals surface area contributed by atoms with E-state index < -0.39 is 29.9 Å². The van der Waals surface area contributed by atoms with E-state index in [-0.39, 0.29) is 0 Å². The van der Waals surface area contributed by atoms with Crippen LogP contribution in [-0.2, 0) is 24.8 Å². The molecule has 1 saturated heterocycles. The Morgan fingerprint density at radius 1 is 0.739 bits per heavy atom. The highest BCUT2D eigenvalue weighted by Crippen LogP contribution is 2.43. The van der Waals surface area contributed by atoms with Gasteiger partial charge in [0.05, 0.1) is 0 Å². The van der Waals surface area contributed by atoms with Gasteiger partial charge in [0.25, 0.3) is 0 Å². The SMILES string of the molecule is O=C(O)[C@@H]1OC(c2ccccc2)(c2ccccc2)O[C@H]1C(=O)O. The van der Waals surface area contributed by atoms with E-state index in [1.54, 1.807) is 60.7 Å². The number of hydrogen-bond donors (Lipinski definition) is 2. The van der Waals surface area contributed by atoms with Gasteiger partial charge in [-0.2, -0.15) is 0 Å². The van der Waals surface area contributed by atoms with Crippen LogP contribution in [0.15, 0.2) is 60.7 Å². The predicted octanol–water partition coefficient (Wildman–Crippen LogP) is 1.84. The molecule has 0 aliphatic carbocycles. The fourth-order valence-electron chi connectivity index (χ4n) is 2.62. The lowest BCUT2D eigenvalue weighted by Gasteiger charge is -2.28. The molecular formula is C17H14O6. The molecule has 0 aromatic heterocycles. The molecule has 6 nitrogen and oxygen atoms in total. The molecule has 1 aliphatic rings. The normalized spacial score (nSPS) is 22.6. The lowest BCUT2D eigenvalue weighted by atomic mass is 9.97. The third-order valence-electron chi connectivity index (χ3n) is 3.66. The largest absolute Gasteiger partial charge is 0.479 e. The highest BCUT2D eigenvalue weighted by atomic mass is 16.8. The van der Waals surface area contributed by atoms with Gasteiger partial charge in [-0.1, -0.05) is 60.7 Å². The number of benzene rings is 2. The van der Waals surface area contributed by atoms with Crippen LogP contribution in [0, 0.1) is 0 Å². The van der Waals surface area contributed by atoms with Crippen LogP contribution in [0.2, 0.25) is 0 Å². The van der Waals surface area contributed by atoms with E-state index in [2.05, 4.69) is 0 Å². The number of hydrogen-bond acceptors (Lipinski definition) is 4. The van der Waals surface area contributed by atoms with Crippen LogP contribution in [-0.4, -0.2) is 34.4 Å². The molecule has 0 amide bonds. The van der Waals surface area contributed by atoms with Gasteiger partial charge in [0.2, 0.25) is 5.79 Å². The second-order valence-electron chi connectivity index (χ2n) is 5.10. The molecule has 0 spiro atoms. The molecule has 1 fully saturated rings. The summed E-state index contributed by atoms with van der Waals surface area (Å²) in [5.41, 5.74) is 1.06. The summed E-state index contributed by atoms with van der Waals surface area (Å²) in [6.07, 6.45) is -3.21. The van der Waals surface area contributed by atoms with E-state index in [4.69, 9.17) is 9.47 Å². The van der Waals surface area contributed by atoms with E-state index in [1.807, 2.05) is 0 Å². The van der Waals surface area contributed by atoms with Gasteiger partial charge in [0, 0.05) is 11.1 Å². The first kappa shape index (κ1) is 15.2. The van der Waals surface area contributed by atoms with E-state index in [9.17, 15) is 19.8 Å². The molecule has 2 atom stereocenters. The molecule has 1 aliphatic heterocycles. The number of ether oxygens (including phenoxy) is 2. The summed E-state index contributed by atoms with van der Waals surface area (Å²) in [6.45, 7) is 0. The van der Waals surface area contributed by atoms with Crippen molar-refractivity contribution in [2.45, 2.75) is 18.0 Å². The summed E-state index contributed by atoms with van der Waals surface area (Å²) in [5, 5.41) is 18.6. The van der Waals surface area contributed by atoms with Gasteiger partial charge < -0.3 is 19.7 Å². The summed E-state index contributed by atoms with van der Waals surface area (Å²) in [6, 6.07) is 17.4. The number of aliphatic carboxylic acids is 2. The predicted molar refractivity (Wildman–Crippen MR) is 78.7 cm³/mol. The molecule has 2 N–H and O–H groups in total. The third kappa shape index (κ3) is 2.58. The zero-order valence-electron chi connectivity index (χ0n) is 12.0. The molecule has 0 saturated carbocycles. The monoisotopic (exact) mass is 314 g/mol. The van der Waals surface area contributed by atoms with Crippen LogP contribution >= 0.6 is 0 Å². The first-order valence-corrected chi connectivity index (χ1v) is 6.97. The fourth-order valence-corrected chi connectivity index (χ4v) is 2.62. The van der Waals surface area contributed by atoms with Crippen LogP contribution in [0.25, 0.3) is 0 Å². The maximum atomic E-state index is 11.4. The summed E-state index contributed by atoms with van der Waals surface area (Å²) < 4.78 is 11.3. The van der Waals surface area contributed by atoms with Crippen LogP contribution in [0.5, 0.6) is 0 Å². The van der Waals surface area contributed by atoms with Crippen molar-refractivity contribution >= 4 is 11.9 Å². The van der Waals surface area contributed by atoms with Gasteiger partial charge >= 0.3 is 11.9 Å². The Bertz CT molecular complexity index is 649. The van der Waals surface area contributed by atoms with Crippen molar-refractivity contribution < 1.29 is 29.3 Å². The van der Waals surface area contributed by atoms with E-state index in [1.165, 1.54) is 0 Å². The molecule has 6 heteroatoms. The molecule has 0 unspecified atom stereocenters. The van der Waals surface area contributed by atoms with Crippen molar-refractivity contribution in [1.82, 2.24) is 0 Å². The first-order chi connectivity index (χ1) is 11.0. The van der Waals surface area contributed by atoms with Crippen molar-refractivity contribution in [3.05, 3.63) is 71.8 Å². The van der Waals surface area contributed by atoms with Gasteiger partial charge in [0.1, 0.15) is 0 Å². The molecular weight excluding hydrogens is 300 g/mol. The minimum absolute atomic E-state index is 0.529. The average Bonchev–Trinajstić information content (AvgIpc) is 2.99. The Morgan fingerprint density at radius 3 is 1.39 bits per heavy atom. The Labute approximate surface area is 131 Å². The van der Waals surface area contributed by atoms with Crippen molar-refractivity contribution in [3.8, 4) is 0 Å². The number of rotatable bonds is 4. The van der Waals surface area contributed by atoms with Gasteiger partial charge in [-0.3, -0.25) is 0 Å². The Morgan fingerprint density at radius 2 is 1.09 bits per heavy atom. The van der Waals surface area contributed by atoms with E-state index >= 15 is 0 Å². The fraction of sp³-hybridized carbons (Fsp3) is 0.176. The molecule has 1 heterocycles. The van der Waals surface area contributed by atoms with Crippen LogP contribution in [0.4, 0.5) is 0 Å². The number of carbonyl (C=O) groups is 2. The Balaban J connectivity index is 2.15. The molecule has 0 bridgehead atoms. The lowest BCUT2D eigenvalue weighted by Crippen LogP contribution is -2.36. The Hall–Kier alpha value is -2.70. The second kappa shape index (κ2) is 5.83. The first-order valence-electron chi connectivity index (χ1n) is 6.97.